The van der Waals surface area contributed by atoms with Crippen LogP contribution >= 0.6 is 11.6 Å². The van der Waals surface area contributed by atoms with Crippen LogP contribution < -0.4 is 14.8 Å². The first-order valence-corrected chi connectivity index (χ1v) is 9.07. The Balaban J connectivity index is 1.69. The minimum Gasteiger partial charge on any atom is -0.497 e. The molecule has 28 heavy (non-hydrogen) atoms. The molecule has 0 radical (unpaired) electrons. The summed E-state index contributed by atoms with van der Waals surface area (Å²) in [5.41, 5.74) is 1.36. The highest BCUT2D eigenvalue weighted by molar-refractivity contribution is 6.31. The summed E-state index contributed by atoms with van der Waals surface area (Å²) in [6, 6.07) is 18.3. The van der Waals surface area contributed by atoms with Gasteiger partial charge in [0.15, 0.2) is 5.75 Å². The van der Waals surface area contributed by atoms with Crippen LogP contribution in [0.5, 0.6) is 17.2 Å². The Morgan fingerprint density at radius 2 is 1.79 bits per heavy atom. The molecule has 4 nitrogen and oxygen atoms in total. The molecule has 0 unspecified atom stereocenters. The van der Waals surface area contributed by atoms with E-state index < -0.39 is 0 Å². The number of carbonyl (C=O) groups is 1. The lowest BCUT2D eigenvalue weighted by molar-refractivity contribution is -0.116. The number of hydrogen-bond donors (Lipinski definition) is 1. The molecule has 0 saturated heterocycles. The van der Waals surface area contributed by atoms with Crippen LogP contribution in [0.15, 0.2) is 66.7 Å². The van der Waals surface area contributed by atoms with Gasteiger partial charge in [-0.15, -0.1) is 0 Å². The SMILES string of the molecule is COc1cccc(Oc2ccc(Cl)cc2NC(=O)CCc2ccc(F)cc2)c1. The van der Waals surface area contributed by atoms with Gasteiger partial charge < -0.3 is 14.8 Å². The average molecular weight is 400 g/mol. The number of aryl methyl sites for hydroxylation is 1. The molecule has 0 bridgehead atoms. The Kier molecular flexibility index (Phi) is 6.50. The van der Waals surface area contributed by atoms with Crippen LogP contribution in [-0.4, -0.2) is 13.0 Å². The number of halogens is 2. The van der Waals surface area contributed by atoms with Crippen LogP contribution in [0.25, 0.3) is 0 Å². The summed E-state index contributed by atoms with van der Waals surface area (Å²) in [5, 5.41) is 3.31. The van der Waals surface area contributed by atoms with Crippen LogP contribution in [0, 0.1) is 5.82 Å². The van der Waals surface area contributed by atoms with E-state index in [1.165, 1.54) is 12.1 Å². The monoisotopic (exact) mass is 399 g/mol. The minimum atomic E-state index is -0.300. The number of ether oxygens (including phenoxy) is 2. The lowest BCUT2D eigenvalue weighted by atomic mass is 10.1. The third kappa shape index (κ3) is 5.47. The molecule has 0 fully saturated rings. The number of rotatable bonds is 7. The van der Waals surface area contributed by atoms with Crippen molar-refractivity contribution >= 4 is 23.2 Å². The Labute approximate surface area is 167 Å². The van der Waals surface area contributed by atoms with E-state index in [4.69, 9.17) is 21.1 Å². The molecule has 1 amide bonds. The van der Waals surface area contributed by atoms with Crippen molar-refractivity contribution in [1.82, 2.24) is 0 Å². The van der Waals surface area contributed by atoms with Gasteiger partial charge in [-0.1, -0.05) is 29.8 Å². The molecule has 3 aromatic carbocycles. The molecule has 1 N–H and O–H groups in total. The molecule has 0 atom stereocenters. The third-order valence-electron chi connectivity index (χ3n) is 4.04. The van der Waals surface area contributed by atoms with Crippen molar-refractivity contribution in [2.45, 2.75) is 12.8 Å². The van der Waals surface area contributed by atoms with Crippen LogP contribution in [0.3, 0.4) is 0 Å². The van der Waals surface area contributed by atoms with Crippen LogP contribution in [0.4, 0.5) is 10.1 Å². The van der Waals surface area contributed by atoms with Gasteiger partial charge >= 0.3 is 0 Å². The maximum Gasteiger partial charge on any atom is 0.224 e. The van der Waals surface area contributed by atoms with Gasteiger partial charge in [0, 0.05) is 17.5 Å². The molecular formula is C22H19ClFNO3. The van der Waals surface area contributed by atoms with Gasteiger partial charge in [-0.3, -0.25) is 4.79 Å². The maximum absolute atomic E-state index is 13.0. The number of benzene rings is 3. The summed E-state index contributed by atoms with van der Waals surface area (Å²) < 4.78 is 24.1. The lowest BCUT2D eigenvalue weighted by Crippen LogP contribution is -2.13. The second-order valence-corrected chi connectivity index (χ2v) is 6.53. The van der Waals surface area contributed by atoms with E-state index in [1.807, 2.05) is 12.1 Å². The molecule has 144 valence electrons. The van der Waals surface area contributed by atoms with E-state index in [2.05, 4.69) is 5.32 Å². The Bertz CT molecular complexity index is 960. The zero-order valence-corrected chi connectivity index (χ0v) is 16.0. The number of carbonyl (C=O) groups excluding carboxylic acids is 1. The predicted octanol–water partition coefficient (Wildman–Crippen LogP) is 5.85. The Morgan fingerprint density at radius 1 is 1.04 bits per heavy atom. The first-order valence-electron chi connectivity index (χ1n) is 8.69. The van der Waals surface area contributed by atoms with Crippen LogP contribution in [-0.2, 0) is 11.2 Å². The van der Waals surface area contributed by atoms with E-state index in [1.54, 1.807) is 49.6 Å². The first-order chi connectivity index (χ1) is 13.5. The highest BCUT2D eigenvalue weighted by Gasteiger charge is 2.11. The maximum atomic E-state index is 13.0. The van der Waals surface area contributed by atoms with E-state index in [0.717, 1.165) is 5.56 Å². The first kappa shape index (κ1) is 19.7. The van der Waals surface area contributed by atoms with Gasteiger partial charge in [0.2, 0.25) is 5.91 Å². The second-order valence-electron chi connectivity index (χ2n) is 6.10. The van der Waals surface area contributed by atoms with Gasteiger partial charge in [0.1, 0.15) is 17.3 Å². The van der Waals surface area contributed by atoms with Crippen molar-refractivity contribution in [3.8, 4) is 17.2 Å². The van der Waals surface area contributed by atoms with Crippen molar-refractivity contribution in [3.63, 3.8) is 0 Å². The molecule has 3 rings (SSSR count). The largest absolute Gasteiger partial charge is 0.497 e. The normalized spacial score (nSPS) is 10.4. The molecule has 3 aromatic rings. The van der Waals surface area contributed by atoms with Gasteiger partial charge in [-0.2, -0.15) is 0 Å². The zero-order chi connectivity index (χ0) is 19.9. The summed E-state index contributed by atoms with van der Waals surface area (Å²) in [7, 11) is 1.58. The fourth-order valence-corrected chi connectivity index (χ4v) is 2.77. The second kappa shape index (κ2) is 9.24. The number of amides is 1. The number of hydrogen-bond acceptors (Lipinski definition) is 3. The smallest absolute Gasteiger partial charge is 0.224 e. The van der Waals surface area contributed by atoms with Gasteiger partial charge in [-0.25, -0.2) is 4.39 Å². The average Bonchev–Trinajstić information content (AvgIpc) is 2.70. The summed E-state index contributed by atoms with van der Waals surface area (Å²) in [4.78, 5) is 12.4. The molecule has 0 aliphatic rings. The van der Waals surface area contributed by atoms with E-state index in [9.17, 15) is 9.18 Å². The lowest BCUT2D eigenvalue weighted by Gasteiger charge is -2.13. The summed E-state index contributed by atoms with van der Waals surface area (Å²) in [5.74, 6) is 1.21. The van der Waals surface area contributed by atoms with E-state index >= 15 is 0 Å². The van der Waals surface area contributed by atoms with E-state index in [0.29, 0.717) is 34.4 Å². The fourth-order valence-electron chi connectivity index (χ4n) is 2.60. The molecule has 0 aliphatic carbocycles. The molecule has 0 spiro atoms. The van der Waals surface area contributed by atoms with Crippen molar-refractivity contribution in [2.24, 2.45) is 0 Å². The topological polar surface area (TPSA) is 47.6 Å². The van der Waals surface area contributed by atoms with Gasteiger partial charge in [-0.05, 0) is 54.4 Å². The number of nitrogens with one attached hydrogen (secondary N) is 1. The van der Waals surface area contributed by atoms with Crippen LogP contribution in [0.2, 0.25) is 5.02 Å². The van der Waals surface area contributed by atoms with Gasteiger partial charge in [0.05, 0.1) is 12.8 Å². The van der Waals surface area contributed by atoms with Crippen molar-refractivity contribution in [2.75, 3.05) is 12.4 Å². The third-order valence-corrected chi connectivity index (χ3v) is 4.27. The summed E-state index contributed by atoms with van der Waals surface area (Å²) in [6.07, 6.45) is 0.746. The Morgan fingerprint density at radius 3 is 2.54 bits per heavy atom. The molecule has 0 aliphatic heterocycles. The minimum absolute atomic E-state index is 0.193. The molecule has 6 heteroatoms. The number of anilines is 1. The standard InChI is InChI=1S/C22H19ClFNO3/c1-27-18-3-2-4-19(14-18)28-21-11-8-16(23)13-20(21)25-22(26)12-7-15-5-9-17(24)10-6-15/h2-6,8-11,13-14H,7,12H2,1H3,(H,25,26). The van der Waals surface area contributed by atoms with Gasteiger partial charge in [0.25, 0.3) is 0 Å². The quantitative estimate of drug-likeness (QED) is 0.542. The Hall–Kier alpha value is -3.05. The summed E-state index contributed by atoms with van der Waals surface area (Å²) >= 11 is 6.08. The highest BCUT2D eigenvalue weighted by Crippen LogP contribution is 2.33. The molecule has 0 aromatic heterocycles. The molecule has 0 saturated carbocycles. The molecular weight excluding hydrogens is 381 g/mol. The zero-order valence-electron chi connectivity index (χ0n) is 15.2. The van der Waals surface area contributed by atoms with E-state index in [-0.39, 0.29) is 18.1 Å². The molecule has 0 heterocycles. The summed E-state index contributed by atoms with van der Waals surface area (Å²) in [6.45, 7) is 0. The van der Waals surface area contributed by atoms with Crippen molar-refractivity contribution in [3.05, 3.63) is 83.1 Å². The highest BCUT2D eigenvalue weighted by atomic mass is 35.5. The number of methoxy groups -OCH3 is 1. The van der Waals surface area contributed by atoms with Crippen LogP contribution in [0.1, 0.15) is 12.0 Å². The van der Waals surface area contributed by atoms with Crippen molar-refractivity contribution < 1.29 is 18.7 Å². The fraction of sp³-hybridized carbons (Fsp3) is 0.136. The van der Waals surface area contributed by atoms with Crippen molar-refractivity contribution in [1.29, 1.82) is 0 Å². The predicted molar refractivity (Wildman–Crippen MR) is 108 cm³/mol.